The molecule has 0 saturated heterocycles. The predicted molar refractivity (Wildman–Crippen MR) is 72.1 cm³/mol. The Morgan fingerprint density at radius 1 is 1.45 bits per heavy atom. The Labute approximate surface area is 119 Å². The molecule has 0 aromatic carbocycles. The summed E-state index contributed by atoms with van der Waals surface area (Å²) in [5.74, 6) is -2.01. The van der Waals surface area contributed by atoms with Gasteiger partial charge in [-0.2, -0.15) is 0 Å². The number of carbonyl (C=O) groups excluding carboxylic acids is 2. The van der Waals surface area contributed by atoms with Gasteiger partial charge in [0.15, 0.2) is 0 Å². The van der Waals surface area contributed by atoms with E-state index in [2.05, 4.69) is 10.3 Å². The van der Waals surface area contributed by atoms with Crippen molar-refractivity contribution in [1.82, 2.24) is 15.2 Å². The second kappa shape index (κ2) is 6.33. The second-order valence-corrected chi connectivity index (χ2v) is 5.50. The number of nitrogens with zero attached hydrogens (tertiary/aromatic N) is 2. The fourth-order valence-electron chi connectivity index (χ4n) is 1.48. The van der Waals surface area contributed by atoms with Gasteiger partial charge >= 0.3 is 12.0 Å². The Morgan fingerprint density at radius 2 is 2.10 bits per heavy atom. The number of amides is 3. The molecule has 0 radical (unpaired) electrons. The van der Waals surface area contributed by atoms with Crippen LogP contribution >= 0.6 is 11.3 Å². The van der Waals surface area contributed by atoms with E-state index in [1.807, 2.05) is 0 Å². The van der Waals surface area contributed by atoms with Crippen molar-refractivity contribution in [2.45, 2.75) is 19.4 Å². The van der Waals surface area contributed by atoms with E-state index in [-0.39, 0.29) is 0 Å². The van der Waals surface area contributed by atoms with E-state index in [0.29, 0.717) is 5.01 Å². The average Bonchev–Trinajstić information content (AvgIpc) is 2.79. The molecular weight excluding hydrogens is 284 g/mol. The lowest BCUT2D eigenvalue weighted by Crippen LogP contribution is -2.51. The maximum atomic E-state index is 12.0. The summed E-state index contributed by atoms with van der Waals surface area (Å²) in [7, 11) is 0. The van der Waals surface area contributed by atoms with Gasteiger partial charge in [0.2, 0.25) is 5.91 Å². The maximum absolute atomic E-state index is 12.0. The SMILES string of the molecule is CC(C)(NC(=O)N(CC(N)=O)CC(=O)O)c1nccs1. The van der Waals surface area contributed by atoms with Crippen LogP contribution in [0.1, 0.15) is 18.9 Å². The highest BCUT2D eigenvalue weighted by Gasteiger charge is 2.29. The van der Waals surface area contributed by atoms with Gasteiger partial charge in [0, 0.05) is 11.6 Å². The first kappa shape index (κ1) is 15.9. The van der Waals surface area contributed by atoms with Gasteiger partial charge < -0.3 is 21.1 Å². The van der Waals surface area contributed by atoms with Crippen molar-refractivity contribution < 1.29 is 19.5 Å². The lowest BCUT2D eigenvalue weighted by molar-refractivity contribution is -0.137. The molecule has 0 atom stereocenters. The zero-order valence-electron chi connectivity index (χ0n) is 11.1. The molecule has 0 aliphatic rings. The van der Waals surface area contributed by atoms with Crippen LogP contribution in [0.5, 0.6) is 0 Å². The summed E-state index contributed by atoms with van der Waals surface area (Å²) >= 11 is 1.36. The average molecular weight is 300 g/mol. The lowest BCUT2D eigenvalue weighted by atomic mass is 10.1. The van der Waals surface area contributed by atoms with Crippen molar-refractivity contribution >= 4 is 29.2 Å². The van der Waals surface area contributed by atoms with E-state index in [4.69, 9.17) is 10.8 Å². The highest BCUT2D eigenvalue weighted by molar-refractivity contribution is 7.09. The maximum Gasteiger partial charge on any atom is 0.323 e. The number of primary amides is 1. The van der Waals surface area contributed by atoms with Gasteiger partial charge in [0.1, 0.15) is 18.1 Å². The van der Waals surface area contributed by atoms with Gasteiger partial charge in [0.05, 0.1) is 5.54 Å². The van der Waals surface area contributed by atoms with Crippen LogP contribution < -0.4 is 11.1 Å². The second-order valence-electron chi connectivity index (χ2n) is 4.61. The molecule has 0 fully saturated rings. The van der Waals surface area contributed by atoms with Crippen molar-refractivity contribution in [3.8, 4) is 0 Å². The molecule has 1 aromatic heterocycles. The largest absolute Gasteiger partial charge is 0.480 e. The number of aromatic nitrogens is 1. The van der Waals surface area contributed by atoms with Crippen molar-refractivity contribution in [1.29, 1.82) is 0 Å². The van der Waals surface area contributed by atoms with Crippen molar-refractivity contribution in [2.24, 2.45) is 5.73 Å². The van der Waals surface area contributed by atoms with E-state index in [1.54, 1.807) is 25.4 Å². The third kappa shape index (κ3) is 4.50. The Kier molecular flexibility index (Phi) is 5.03. The van der Waals surface area contributed by atoms with E-state index in [9.17, 15) is 14.4 Å². The van der Waals surface area contributed by atoms with Gasteiger partial charge in [-0.25, -0.2) is 9.78 Å². The highest BCUT2D eigenvalue weighted by Crippen LogP contribution is 2.22. The fourth-order valence-corrected chi connectivity index (χ4v) is 2.20. The van der Waals surface area contributed by atoms with Crippen molar-refractivity contribution in [2.75, 3.05) is 13.1 Å². The standard InChI is InChI=1S/C11H16N4O4S/c1-11(2,9-13-3-4-20-9)14-10(19)15(5-7(12)16)6-8(17)18/h3-4H,5-6H2,1-2H3,(H2,12,16)(H,14,19)(H,17,18). The van der Waals surface area contributed by atoms with Crippen LogP contribution in [0.3, 0.4) is 0 Å². The van der Waals surface area contributed by atoms with Gasteiger partial charge in [0.25, 0.3) is 0 Å². The molecule has 1 rings (SSSR count). The van der Waals surface area contributed by atoms with Crippen LogP contribution in [0.25, 0.3) is 0 Å². The molecule has 1 aromatic rings. The zero-order valence-corrected chi connectivity index (χ0v) is 11.9. The molecule has 8 nitrogen and oxygen atoms in total. The van der Waals surface area contributed by atoms with E-state index >= 15 is 0 Å². The first-order chi connectivity index (χ1) is 9.22. The summed E-state index contributed by atoms with van der Waals surface area (Å²) in [6, 6.07) is -0.689. The van der Waals surface area contributed by atoms with Crippen LogP contribution in [0, 0.1) is 0 Å². The topological polar surface area (TPSA) is 126 Å². The quantitative estimate of drug-likeness (QED) is 0.679. The first-order valence-corrected chi connectivity index (χ1v) is 6.57. The number of hydrogen-bond acceptors (Lipinski definition) is 5. The Balaban J connectivity index is 2.79. The summed E-state index contributed by atoms with van der Waals surface area (Å²) in [4.78, 5) is 38.6. The number of aliphatic carboxylic acids is 1. The third-order valence-electron chi connectivity index (χ3n) is 2.35. The lowest BCUT2D eigenvalue weighted by Gasteiger charge is -2.28. The number of thiazole rings is 1. The van der Waals surface area contributed by atoms with Crippen LogP contribution in [0.15, 0.2) is 11.6 Å². The van der Waals surface area contributed by atoms with Gasteiger partial charge in [-0.3, -0.25) is 9.59 Å². The molecule has 0 spiro atoms. The van der Waals surface area contributed by atoms with Crippen molar-refractivity contribution in [3.63, 3.8) is 0 Å². The number of carboxylic acid groups (broad SMARTS) is 1. The third-order valence-corrected chi connectivity index (χ3v) is 3.44. The van der Waals surface area contributed by atoms with E-state index < -0.39 is 36.5 Å². The van der Waals surface area contributed by atoms with Crippen LogP contribution in [0.4, 0.5) is 4.79 Å². The Bertz CT molecular complexity index is 485. The molecule has 9 heteroatoms. The number of urea groups is 1. The summed E-state index contributed by atoms with van der Waals surface area (Å²) in [5.41, 5.74) is 4.22. The number of nitrogens with one attached hydrogen (secondary N) is 1. The number of carbonyl (C=O) groups is 3. The molecule has 110 valence electrons. The van der Waals surface area contributed by atoms with E-state index in [1.165, 1.54) is 11.3 Å². The van der Waals surface area contributed by atoms with Gasteiger partial charge in [-0.1, -0.05) is 0 Å². The van der Waals surface area contributed by atoms with Gasteiger partial charge in [-0.05, 0) is 13.8 Å². The van der Waals surface area contributed by atoms with Crippen LogP contribution in [-0.4, -0.2) is 46.0 Å². The summed E-state index contributed by atoms with van der Waals surface area (Å²) < 4.78 is 0. The molecule has 0 bridgehead atoms. The minimum atomic E-state index is -1.23. The molecule has 0 aliphatic heterocycles. The molecule has 0 unspecified atom stereocenters. The van der Waals surface area contributed by atoms with Crippen LogP contribution in [-0.2, 0) is 15.1 Å². The summed E-state index contributed by atoms with van der Waals surface area (Å²) in [6.45, 7) is 2.38. The fraction of sp³-hybridized carbons (Fsp3) is 0.455. The summed E-state index contributed by atoms with van der Waals surface area (Å²) in [6.07, 6.45) is 1.60. The van der Waals surface area contributed by atoms with Crippen molar-refractivity contribution in [3.05, 3.63) is 16.6 Å². The number of rotatable bonds is 6. The molecule has 20 heavy (non-hydrogen) atoms. The zero-order chi connectivity index (χ0) is 15.3. The predicted octanol–water partition coefficient (Wildman–Crippen LogP) is -0.0403. The molecular formula is C11H16N4O4S. The summed E-state index contributed by atoms with van der Waals surface area (Å²) in [5, 5.41) is 13.8. The normalized spacial score (nSPS) is 10.9. The monoisotopic (exact) mass is 300 g/mol. The van der Waals surface area contributed by atoms with E-state index in [0.717, 1.165) is 4.90 Å². The number of hydrogen-bond donors (Lipinski definition) is 3. The minimum absolute atomic E-state index is 0.466. The molecule has 3 amide bonds. The minimum Gasteiger partial charge on any atom is -0.480 e. The Hall–Kier alpha value is -2.16. The molecule has 4 N–H and O–H groups in total. The highest BCUT2D eigenvalue weighted by atomic mass is 32.1. The van der Waals surface area contributed by atoms with Gasteiger partial charge in [-0.15, -0.1) is 11.3 Å². The van der Waals surface area contributed by atoms with Crippen LogP contribution in [0.2, 0.25) is 0 Å². The molecule has 1 heterocycles. The molecule has 0 saturated carbocycles. The number of carboxylic acids is 1. The molecule has 0 aliphatic carbocycles. The first-order valence-electron chi connectivity index (χ1n) is 5.69. The smallest absolute Gasteiger partial charge is 0.323 e. The number of nitrogens with two attached hydrogens (primary N) is 1. The Morgan fingerprint density at radius 3 is 2.55 bits per heavy atom.